The molecule has 202 valence electrons. The summed E-state index contributed by atoms with van der Waals surface area (Å²) in [5.41, 5.74) is 4.07. The van der Waals surface area contributed by atoms with Gasteiger partial charge < -0.3 is 20.1 Å². The Kier molecular flexibility index (Phi) is 6.87. The van der Waals surface area contributed by atoms with Crippen molar-refractivity contribution in [2.75, 3.05) is 30.4 Å². The molecule has 10 nitrogen and oxygen atoms in total. The molecule has 39 heavy (non-hydrogen) atoms. The van der Waals surface area contributed by atoms with Crippen LogP contribution in [0.1, 0.15) is 12.8 Å². The quantitative estimate of drug-likeness (QED) is 0.419. The second-order valence-electron chi connectivity index (χ2n) is 9.35. The fourth-order valence-corrected chi connectivity index (χ4v) is 4.21. The molecular formula is C27H25F2N5O5. The number of anilines is 3. The molecule has 1 aliphatic carbocycles. The summed E-state index contributed by atoms with van der Waals surface area (Å²) < 4.78 is 39.9. The lowest BCUT2D eigenvalue weighted by Gasteiger charge is -2.37. The number of rotatable bonds is 8. The second-order valence-corrected chi connectivity index (χ2v) is 9.35. The Morgan fingerprint density at radius 1 is 1.05 bits per heavy atom. The van der Waals surface area contributed by atoms with Crippen LogP contribution in [-0.2, 0) is 14.3 Å². The Bertz CT molecular complexity index is 1420. The normalized spacial score (nSPS) is 15.7. The SMILES string of the molecule is COC1CN(C(=O)Nc2cc(Oc3ccc(N(C(=O)C4(C(N)=O)CC4)c4ccc(F)cc4)c(F)c3)ccn2)C1. The zero-order valence-electron chi connectivity index (χ0n) is 20.9. The molecule has 2 aliphatic rings. The molecule has 1 aliphatic heterocycles. The second kappa shape index (κ2) is 10.3. The van der Waals surface area contributed by atoms with Crippen LogP contribution in [0.15, 0.2) is 60.8 Å². The minimum Gasteiger partial charge on any atom is -0.457 e. The van der Waals surface area contributed by atoms with Gasteiger partial charge in [-0.05, 0) is 55.3 Å². The number of hydrogen-bond donors (Lipinski definition) is 2. The first-order valence-electron chi connectivity index (χ1n) is 12.1. The fraction of sp³-hybridized carbons (Fsp3) is 0.259. The van der Waals surface area contributed by atoms with Crippen molar-refractivity contribution in [3.05, 3.63) is 72.4 Å². The van der Waals surface area contributed by atoms with Crippen molar-refractivity contribution in [2.24, 2.45) is 11.1 Å². The molecule has 4 amide bonds. The number of urea groups is 1. The number of halogens is 2. The van der Waals surface area contributed by atoms with Gasteiger partial charge >= 0.3 is 6.03 Å². The van der Waals surface area contributed by atoms with Gasteiger partial charge in [0.2, 0.25) is 11.8 Å². The van der Waals surface area contributed by atoms with Crippen LogP contribution in [0.4, 0.5) is 30.8 Å². The molecular weight excluding hydrogens is 512 g/mol. The molecule has 0 radical (unpaired) electrons. The number of likely N-dealkylation sites (tertiary alicyclic amines) is 1. The number of nitrogens with zero attached hydrogens (tertiary/aromatic N) is 3. The summed E-state index contributed by atoms with van der Waals surface area (Å²) in [5.74, 6) is -2.22. The number of primary amides is 1. The molecule has 0 bridgehead atoms. The van der Waals surface area contributed by atoms with E-state index in [-0.39, 0.29) is 53.7 Å². The van der Waals surface area contributed by atoms with Gasteiger partial charge in [0.15, 0.2) is 5.82 Å². The number of benzene rings is 2. The maximum atomic E-state index is 15.4. The van der Waals surface area contributed by atoms with Gasteiger partial charge in [-0.2, -0.15) is 0 Å². The molecule has 1 saturated heterocycles. The molecule has 0 unspecified atom stereocenters. The molecule has 12 heteroatoms. The summed E-state index contributed by atoms with van der Waals surface area (Å²) in [5, 5.41) is 2.67. The predicted molar refractivity (Wildman–Crippen MR) is 137 cm³/mol. The minimum absolute atomic E-state index is 0.0103. The zero-order valence-corrected chi connectivity index (χ0v) is 20.9. The Labute approximate surface area is 222 Å². The molecule has 2 heterocycles. The maximum absolute atomic E-state index is 15.4. The van der Waals surface area contributed by atoms with E-state index in [0.29, 0.717) is 13.1 Å². The maximum Gasteiger partial charge on any atom is 0.323 e. The van der Waals surface area contributed by atoms with E-state index in [1.54, 1.807) is 12.0 Å². The Balaban J connectivity index is 1.35. The van der Waals surface area contributed by atoms with E-state index in [9.17, 15) is 18.8 Å². The lowest BCUT2D eigenvalue weighted by atomic mass is 10.0. The van der Waals surface area contributed by atoms with Crippen molar-refractivity contribution in [1.82, 2.24) is 9.88 Å². The molecule has 0 spiro atoms. The van der Waals surface area contributed by atoms with Crippen LogP contribution in [0.5, 0.6) is 11.5 Å². The number of nitrogens with two attached hydrogens (primary N) is 1. The molecule has 1 saturated carbocycles. The van der Waals surface area contributed by atoms with Gasteiger partial charge in [0.1, 0.15) is 28.5 Å². The van der Waals surface area contributed by atoms with Gasteiger partial charge in [0.05, 0.1) is 24.9 Å². The number of carbonyl (C=O) groups is 3. The molecule has 1 aromatic heterocycles. The highest BCUT2D eigenvalue weighted by Gasteiger charge is 2.57. The number of pyridine rings is 1. The minimum atomic E-state index is -1.44. The molecule has 2 fully saturated rings. The van der Waals surface area contributed by atoms with Crippen LogP contribution >= 0.6 is 0 Å². The average Bonchev–Trinajstić information content (AvgIpc) is 3.69. The van der Waals surface area contributed by atoms with Crippen LogP contribution in [0.25, 0.3) is 0 Å². The van der Waals surface area contributed by atoms with E-state index in [4.69, 9.17) is 15.2 Å². The van der Waals surface area contributed by atoms with Crippen LogP contribution in [0.3, 0.4) is 0 Å². The van der Waals surface area contributed by atoms with Gasteiger partial charge in [-0.3, -0.25) is 19.8 Å². The van der Waals surface area contributed by atoms with E-state index < -0.39 is 28.9 Å². The van der Waals surface area contributed by atoms with Gasteiger partial charge in [0.25, 0.3) is 0 Å². The van der Waals surface area contributed by atoms with Crippen molar-refractivity contribution in [1.29, 1.82) is 0 Å². The highest BCUT2D eigenvalue weighted by Crippen LogP contribution is 2.49. The monoisotopic (exact) mass is 537 g/mol. The van der Waals surface area contributed by atoms with Gasteiger partial charge in [0, 0.05) is 31.1 Å². The smallest absolute Gasteiger partial charge is 0.323 e. The summed E-state index contributed by atoms with van der Waals surface area (Å²) in [6.45, 7) is 0.949. The third kappa shape index (κ3) is 5.23. The Morgan fingerprint density at radius 2 is 1.74 bits per heavy atom. The first kappa shape index (κ1) is 26.0. The third-order valence-electron chi connectivity index (χ3n) is 6.75. The number of amides is 4. The van der Waals surface area contributed by atoms with Crippen molar-refractivity contribution < 1.29 is 32.6 Å². The largest absolute Gasteiger partial charge is 0.457 e. The number of aromatic nitrogens is 1. The van der Waals surface area contributed by atoms with Crippen molar-refractivity contribution >= 4 is 35.0 Å². The third-order valence-corrected chi connectivity index (χ3v) is 6.75. The Morgan fingerprint density at radius 3 is 2.36 bits per heavy atom. The standard InChI is InChI=1S/C27H25F2N5O5/c1-38-20-14-33(15-20)26(37)32-23-13-19(8-11-31-23)39-18-6-7-22(21(29)12-18)34(17-4-2-16(28)3-5-17)25(36)27(9-10-27)24(30)35/h2-8,11-13,20H,9-10,14-15H2,1H3,(H2,30,35)(H,31,32,37). The number of hydrogen-bond acceptors (Lipinski definition) is 6. The molecule has 0 atom stereocenters. The summed E-state index contributed by atoms with van der Waals surface area (Å²) in [6.07, 6.45) is 1.93. The topological polar surface area (TPSA) is 127 Å². The number of nitrogens with one attached hydrogen (secondary N) is 1. The van der Waals surface area contributed by atoms with Crippen molar-refractivity contribution in [3.8, 4) is 11.5 Å². The van der Waals surface area contributed by atoms with Crippen molar-refractivity contribution in [3.63, 3.8) is 0 Å². The molecule has 2 aromatic carbocycles. The van der Waals surface area contributed by atoms with E-state index in [0.717, 1.165) is 23.1 Å². The first-order chi connectivity index (χ1) is 18.7. The van der Waals surface area contributed by atoms with Gasteiger partial charge in [-0.15, -0.1) is 0 Å². The number of carbonyl (C=O) groups excluding carboxylic acids is 3. The molecule has 3 N–H and O–H groups in total. The van der Waals surface area contributed by atoms with Gasteiger partial charge in [-0.25, -0.2) is 18.6 Å². The summed E-state index contributed by atoms with van der Waals surface area (Å²) >= 11 is 0. The summed E-state index contributed by atoms with van der Waals surface area (Å²) in [4.78, 5) is 44.5. The average molecular weight is 538 g/mol. The lowest BCUT2D eigenvalue weighted by Crippen LogP contribution is -2.55. The zero-order chi connectivity index (χ0) is 27.7. The first-order valence-corrected chi connectivity index (χ1v) is 12.1. The Hall–Kier alpha value is -4.58. The number of methoxy groups -OCH3 is 1. The highest BCUT2D eigenvalue weighted by atomic mass is 19.1. The van der Waals surface area contributed by atoms with E-state index in [1.807, 2.05) is 0 Å². The van der Waals surface area contributed by atoms with Crippen molar-refractivity contribution in [2.45, 2.75) is 18.9 Å². The predicted octanol–water partition coefficient (Wildman–Crippen LogP) is 3.94. The van der Waals surface area contributed by atoms with Crippen LogP contribution in [0, 0.1) is 17.0 Å². The van der Waals surface area contributed by atoms with Crippen LogP contribution in [-0.4, -0.2) is 54.0 Å². The summed E-state index contributed by atoms with van der Waals surface area (Å²) in [7, 11) is 1.58. The van der Waals surface area contributed by atoms with Gasteiger partial charge in [-0.1, -0.05) is 0 Å². The van der Waals surface area contributed by atoms with Crippen LogP contribution < -0.4 is 20.7 Å². The highest BCUT2D eigenvalue weighted by molar-refractivity contribution is 6.16. The van der Waals surface area contributed by atoms with E-state index in [1.165, 1.54) is 42.6 Å². The number of ether oxygens (including phenoxy) is 2. The lowest BCUT2D eigenvalue weighted by molar-refractivity contribution is -0.133. The molecule has 5 rings (SSSR count). The molecule has 3 aromatic rings. The van der Waals surface area contributed by atoms with Crippen LogP contribution in [0.2, 0.25) is 0 Å². The van der Waals surface area contributed by atoms with E-state index in [2.05, 4.69) is 10.3 Å². The van der Waals surface area contributed by atoms with E-state index >= 15 is 4.39 Å². The summed E-state index contributed by atoms with van der Waals surface area (Å²) in [6, 6.07) is 11.4. The fourth-order valence-electron chi connectivity index (χ4n) is 4.21.